The lowest BCUT2D eigenvalue weighted by molar-refractivity contribution is -0.121. The second kappa shape index (κ2) is 10.6. The molecule has 0 unspecified atom stereocenters. The van der Waals surface area contributed by atoms with E-state index in [9.17, 15) is 13.2 Å². The Kier molecular flexibility index (Phi) is 7.91. The van der Waals surface area contributed by atoms with Gasteiger partial charge in [-0.3, -0.25) is 9.78 Å². The van der Waals surface area contributed by atoms with E-state index in [0.717, 1.165) is 14.3 Å². The summed E-state index contributed by atoms with van der Waals surface area (Å²) in [7, 11) is -3.97. The summed E-state index contributed by atoms with van der Waals surface area (Å²) in [6, 6.07) is 16.5. The van der Waals surface area contributed by atoms with Gasteiger partial charge in [0, 0.05) is 28.4 Å². The predicted octanol–water partition coefficient (Wildman–Crippen LogP) is 3.84. The van der Waals surface area contributed by atoms with Gasteiger partial charge in [-0.25, -0.2) is 13.8 Å². The number of aromatic nitrogens is 1. The molecule has 0 aliphatic carbocycles. The summed E-state index contributed by atoms with van der Waals surface area (Å²) in [5.41, 5.74) is 3.68. The van der Waals surface area contributed by atoms with Crippen molar-refractivity contribution in [2.24, 2.45) is 5.10 Å². The molecule has 2 aromatic carbocycles. The Morgan fingerprint density at radius 2 is 1.77 bits per heavy atom. The van der Waals surface area contributed by atoms with Crippen LogP contribution in [0.15, 0.2) is 87.5 Å². The molecule has 1 N–H and O–H groups in total. The first kappa shape index (κ1) is 23.1. The number of carbonyl (C=O) groups is 1. The van der Waals surface area contributed by atoms with E-state index < -0.39 is 22.5 Å². The highest BCUT2D eigenvalue weighted by molar-refractivity contribution is 9.10. The first-order valence-electron chi connectivity index (χ1n) is 9.07. The van der Waals surface area contributed by atoms with Crippen LogP contribution in [-0.4, -0.2) is 36.4 Å². The molecule has 0 radical (unpaired) electrons. The smallest absolute Gasteiger partial charge is 0.255 e. The lowest BCUT2D eigenvalue weighted by atomic mass is 10.2. The Hall–Kier alpha value is -2.59. The highest BCUT2D eigenvalue weighted by Crippen LogP contribution is 2.23. The highest BCUT2D eigenvalue weighted by atomic mass is 79.9. The summed E-state index contributed by atoms with van der Waals surface area (Å²) in [6.45, 7) is -0.503. The van der Waals surface area contributed by atoms with Crippen LogP contribution in [0.25, 0.3) is 0 Å². The van der Waals surface area contributed by atoms with E-state index in [1.165, 1.54) is 18.3 Å². The molecule has 1 heterocycles. The van der Waals surface area contributed by atoms with E-state index in [4.69, 9.17) is 11.6 Å². The monoisotopic (exact) mass is 520 g/mol. The second-order valence-electron chi connectivity index (χ2n) is 6.39. The number of halogens is 2. The van der Waals surface area contributed by atoms with Crippen LogP contribution in [0.2, 0.25) is 5.02 Å². The molecule has 7 nitrogen and oxygen atoms in total. The van der Waals surface area contributed by atoms with Gasteiger partial charge in [-0.2, -0.15) is 9.41 Å². The van der Waals surface area contributed by atoms with Gasteiger partial charge in [0.1, 0.15) is 0 Å². The summed E-state index contributed by atoms with van der Waals surface area (Å²) in [5.74, 6) is -0.585. The molecule has 0 saturated carbocycles. The number of hydrogen-bond acceptors (Lipinski definition) is 5. The van der Waals surface area contributed by atoms with Crippen molar-refractivity contribution in [2.45, 2.75) is 11.4 Å². The third kappa shape index (κ3) is 6.44. The third-order valence-corrected chi connectivity index (χ3v) is 6.89. The molecule has 160 valence electrons. The van der Waals surface area contributed by atoms with Crippen LogP contribution in [0.1, 0.15) is 11.1 Å². The summed E-state index contributed by atoms with van der Waals surface area (Å²) in [6.07, 6.45) is 4.64. The number of benzene rings is 2. The average Bonchev–Trinajstić information content (AvgIpc) is 2.76. The second-order valence-corrected chi connectivity index (χ2v) is 9.65. The third-order valence-electron chi connectivity index (χ3n) is 4.18. The maximum absolute atomic E-state index is 13.2. The van der Waals surface area contributed by atoms with Crippen molar-refractivity contribution < 1.29 is 13.2 Å². The van der Waals surface area contributed by atoms with Crippen LogP contribution >= 0.6 is 27.5 Å². The molecule has 10 heteroatoms. The number of nitrogens with one attached hydrogen (secondary N) is 1. The summed E-state index contributed by atoms with van der Waals surface area (Å²) < 4.78 is 28.3. The number of hydrogen-bond donors (Lipinski definition) is 1. The van der Waals surface area contributed by atoms with E-state index in [-0.39, 0.29) is 11.4 Å². The quantitative estimate of drug-likeness (QED) is 0.360. The standard InChI is InChI=1S/C21H18BrClN4O3S/c22-18-5-7-19(8-6-18)31(29,30)27(14-17-3-1-2-4-20(17)23)15-21(28)26-25-13-16-9-11-24-12-10-16/h1-13H,14-15H2,(H,26,28)/b25-13+. The molecule has 0 aliphatic heterocycles. The summed E-state index contributed by atoms with van der Waals surface area (Å²) in [5, 5.41) is 4.29. The number of sulfonamides is 1. The molecule has 0 spiro atoms. The number of rotatable bonds is 8. The minimum Gasteiger partial charge on any atom is -0.272 e. The van der Waals surface area contributed by atoms with Gasteiger partial charge >= 0.3 is 0 Å². The summed E-state index contributed by atoms with van der Waals surface area (Å²) >= 11 is 9.51. The van der Waals surface area contributed by atoms with Crippen molar-refractivity contribution in [1.29, 1.82) is 0 Å². The lowest BCUT2D eigenvalue weighted by Gasteiger charge is -2.22. The maximum atomic E-state index is 13.2. The molecule has 1 amide bonds. The van der Waals surface area contributed by atoms with Crippen LogP contribution in [0.5, 0.6) is 0 Å². The molecule has 31 heavy (non-hydrogen) atoms. The number of nitrogens with zero attached hydrogens (tertiary/aromatic N) is 3. The highest BCUT2D eigenvalue weighted by Gasteiger charge is 2.27. The molecule has 1 aromatic heterocycles. The molecule has 0 saturated heterocycles. The van der Waals surface area contributed by atoms with Gasteiger partial charge in [0.2, 0.25) is 10.0 Å². The Morgan fingerprint density at radius 3 is 2.45 bits per heavy atom. The molecule has 3 rings (SSSR count). The maximum Gasteiger partial charge on any atom is 0.255 e. The van der Waals surface area contributed by atoms with Crippen molar-refractivity contribution in [3.8, 4) is 0 Å². The number of pyridine rings is 1. The zero-order valence-corrected chi connectivity index (χ0v) is 19.3. The Balaban J connectivity index is 1.81. The number of carbonyl (C=O) groups excluding carboxylic acids is 1. The zero-order chi connectivity index (χ0) is 22.3. The van der Waals surface area contributed by atoms with Crippen molar-refractivity contribution in [2.75, 3.05) is 6.54 Å². The Labute approximate surface area is 193 Å². The largest absolute Gasteiger partial charge is 0.272 e. The van der Waals surface area contributed by atoms with Crippen molar-refractivity contribution in [1.82, 2.24) is 14.7 Å². The molecular weight excluding hydrogens is 504 g/mol. The van der Waals surface area contributed by atoms with Gasteiger partial charge in [0.25, 0.3) is 5.91 Å². The fourth-order valence-corrected chi connectivity index (χ4v) is 4.46. The van der Waals surface area contributed by atoms with E-state index >= 15 is 0 Å². The minimum absolute atomic E-state index is 0.0656. The lowest BCUT2D eigenvalue weighted by Crippen LogP contribution is -2.39. The number of hydrazone groups is 1. The zero-order valence-electron chi connectivity index (χ0n) is 16.2. The van der Waals surface area contributed by atoms with Crippen LogP contribution in [0, 0.1) is 0 Å². The first-order chi connectivity index (χ1) is 14.9. The SMILES string of the molecule is O=C(CN(Cc1ccccc1Cl)S(=O)(=O)c1ccc(Br)cc1)N/N=C/c1ccncc1. The topological polar surface area (TPSA) is 91.7 Å². The van der Waals surface area contributed by atoms with E-state index in [0.29, 0.717) is 10.6 Å². The Morgan fingerprint density at radius 1 is 1.10 bits per heavy atom. The van der Waals surface area contributed by atoms with Crippen molar-refractivity contribution >= 4 is 49.7 Å². The molecular formula is C21H18BrClN4O3S. The van der Waals surface area contributed by atoms with Crippen LogP contribution < -0.4 is 5.43 Å². The normalized spacial score (nSPS) is 11.7. The van der Waals surface area contributed by atoms with Crippen molar-refractivity contribution in [3.05, 3.63) is 93.7 Å². The van der Waals surface area contributed by atoms with Gasteiger partial charge in [0.05, 0.1) is 17.7 Å². The first-order valence-corrected chi connectivity index (χ1v) is 11.7. The molecule has 0 fully saturated rings. The van der Waals surface area contributed by atoms with E-state index in [2.05, 4.69) is 31.4 Å². The van der Waals surface area contributed by atoms with E-state index in [1.54, 1.807) is 60.9 Å². The molecule has 3 aromatic rings. The van der Waals surface area contributed by atoms with Crippen LogP contribution in [-0.2, 0) is 21.4 Å². The van der Waals surface area contributed by atoms with Crippen LogP contribution in [0.3, 0.4) is 0 Å². The van der Waals surface area contributed by atoms with Gasteiger partial charge in [-0.05, 0) is 53.6 Å². The van der Waals surface area contributed by atoms with Gasteiger partial charge in [0.15, 0.2) is 0 Å². The van der Waals surface area contributed by atoms with E-state index in [1.807, 2.05) is 0 Å². The van der Waals surface area contributed by atoms with Gasteiger partial charge in [-0.15, -0.1) is 0 Å². The fourth-order valence-electron chi connectivity index (χ4n) is 2.62. The van der Waals surface area contributed by atoms with Crippen LogP contribution in [0.4, 0.5) is 0 Å². The minimum atomic E-state index is -3.97. The molecule has 0 atom stereocenters. The average molecular weight is 522 g/mol. The van der Waals surface area contributed by atoms with Crippen molar-refractivity contribution in [3.63, 3.8) is 0 Å². The Bertz CT molecular complexity index is 1170. The predicted molar refractivity (Wildman–Crippen MR) is 123 cm³/mol. The summed E-state index contributed by atoms with van der Waals surface area (Å²) in [4.78, 5) is 16.4. The fraction of sp³-hybridized carbons (Fsp3) is 0.0952. The van der Waals surface area contributed by atoms with Gasteiger partial charge < -0.3 is 0 Å². The van der Waals surface area contributed by atoms with Gasteiger partial charge in [-0.1, -0.05) is 45.7 Å². The molecule has 0 aliphatic rings. The number of amides is 1. The molecule has 0 bridgehead atoms.